The highest BCUT2D eigenvalue weighted by Crippen LogP contribution is 2.30. The zero-order valence-electron chi connectivity index (χ0n) is 12.9. The van der Waals surface area contributed by atoms with E-state index in [1.54, 1.807) is 19.1 Å². The summed E-state index contributed by atoms with van der Waals surface area (Å²) in [6, 6.07) is 3.45. The van der Waals surface area contributed by atoms with Crippen LogP contribution in [0.15, 0.2) is 17.0 Å². The summed E-state index contributed by atoms with van der Waals surface area (Å²) in [6.45, 7) is 7.47. The van der Waals surface area contributed by atoms with Crippen molar-refractivity contribution in [1.29, 1.82) is 0 Å². The van der Waals surface area contributed by atoms with Crippen LogP contribution in [0.3, 0.4) is 0 Å². The first kappa shape index (κ1) is 16.3. The van der Waals surface area contributed by atoms with Gasteiger partial charge in [0.15, 0.2) is 0 Å². The molecule has 1 aliphatic rings. The van der Waals surface area contributed by atoms with Crippen molar-refractivity contribution in [2.75, 3.05) is 25.5 Å². The maximum atomic E-state index is 12.5. The van der Waals surface area contributed by atoms with E-state index in [-0.39, 0.29) is 10.3 Å². The van der Waals surface area contributed by atoms with Crippen molar-refractivity contribution in [3.8, 4) is 0 Å². The van der Waals surface area contributed by atoms with Crippen molar-refractivity contribution < 1.29 is 13.2 Å². The van der Waals surface area contributed by atoms with E-state index in [2.05, 4.69) is 11.6 Å². The number of nitrogens with one attached hydrogen (secondary N) is 1. The summed E-state index contributed by atoms with van der Waals surface area (Å²) in [7, 11) is -3.54. The molecule has 0 radical (unpaired) electrons. The first-order valence-electron chi connectivity index (χ1n) is 7.18. The molecule has 3 N–H and O–H groups in total. The van der Waals surface area contributed by atoms with Crippen molar-refractivity contribution >= 4 is 15.7 Å². The molecule has 1 fully saturated rings. The quantitative estimate of drug-likeness (QED) is 0.833. The Hall–Kier alpha value is -1.11. The maximum Gasteiger partial charge on any atom is 0.240 e. The fourth-order valence-electron chi connectivity index (χ4n) is 2.52. The second-order valence-electron chi connectivity index (χ2n) is 6.22. The van der Waals surface area contributed by atoms with E-state index in [9.17, 15) is 8.42 Å². The Morgan fingerprint density at radius 3 is 2.52 bits per heavy atom. The molecule has 1 aromatic rings. The number of sulfonamides is 1. The second kappa shape index (κ2) is 5.94. The molecule has 2 rings (SSSR count). The molecule has 1 aliphatic heterocycles. The summed E-state index contributed by atoms with van der Waals surface area (Å²) < 4.78 is 33.2. The van der Waals surface area contributed by atoms with E-state index in [0.717, 1.165) is 18.4 Å². The number of nitrogens with two attached hydrogens (primary N) is 1. The van der Waals surface area contributed by atoms with Gasteiger partial charge in [0.05, 0.1) is 4.90 Å². The molecule has 0 spiro atoms. The van der Waals surface area contributed by atoms with Crippen LogP contribution in [0.5, 0.6) is 0 Å². The monoisotopic (exact) mass is 312 g/mol. The third-order valence-electron chi connectivity index (χ3n) is 4.22. The molecule has 0 amide bonds. The summed E-state index contributed by atoms with van der Waals surface area (Å²) in [5.41, 5.74) is 7.78. The number of anilines is 1. The van der Waals surface area contributed by atoms with Crippen molar-refractivity contribution in [2.45, 2.75) is 38.5 Å². The second-order valence-corrected chi connectivity index (χ2v) is 7.96. The van der Waals surface area contributed by atoms with Crippen LogP contribution in [0.2, 0.25) is 0 Å². The molecule has 0 unspecified atom stereocenters. The minimum Gasteiger partial charge on any atom is -0.398 e. The van der Waals surface area contributed by atoms with Crippen molar-refractivity contribution in [1.82, 2.24) is 4.72 Å². The fraction of sp³-hybridized carbons (Fsp3) is 0.600. The van der Waals surface area contributed by atoms with Crippen LogP contribution in [0.1, 0.15) is 30.9 Å². The lowest BCUT2D eigenvalue weighted by Gasteiger charge is -2.33. The third-order valence-corrected chi connectivity index (χ3v) is 5.75. The zero-order chi connectivity index (χ0) is 15.7. The highest BCUT2D eigenvalue weighted by molar-refractivity contribution is 7.89. The van der Waals surface area contributed by atoms with Gasteiger partial charge in [0.1, 0.15) is 0 Å². The Morgan fingerprint density at radius 1 is 1.29 bits per heavy atom. The molecular formula is C15H24N2O3S. The SMILES string of the molecule is Cc1cc(N)c(C)c(S(=O)(=O)NCC2(C)CCOCC2)c1. The normalized spacial score (nSPS) is 18.6. The molecule has 5 nitrogen and oxygen atoms in total. The van der Waals surface area contributed by atoms with Gasteiger partial charge in [-0.3, -0.25) is 0 Å². The van der Waals surface area contributed by atoms with Crippen LogP contribution < -0.4 is 10.5 Å². The molecule has 1 aromatic carbocycles. The lowest BCUT2D eigenvalue weighted by Crippen LogP contribution is -2.39. The number of nitrogen functional groups attached to an aromatic ring is 1. The minimum absolute atomic E-state index is 0.0470. The van der Waals surface area contributed by atoms with Gasteiger partial charge in [0, 0.05) is 25.4 Å². The molecule has 0 bridgehead atoms. The number of benzene rings is 1. The Labute approximate surface area is 126 Å². The van der Waals surface area contributed by atoms with Crippen LogP contribution in [0, 0.1) is 19.3 Å². The average molecular weight is 312 g/mol. The highest BCUT2D eigenvalue weighted by atomic mass is 32.2. The predicted octanol–water partition coefficient (Wildman–Crippen LogP) is 1.98. The van der Waals surface area contributed by atoms with Crippen molar-refractivity contribution in [3.63, 3.8) is 0 Å². The van der Waals surface area contributed by atoms with E-state index in [0.29, 0.717) is 31.0 Å². The molecule has 118 valence electrons. The van der Waals surface area contributed by atoms with E-state index < -0.39 is 10.0 Å². The van der Waals surface area contributed by atoms with Gasteiger partial charge in [-0.15, -0.1) is 0 Å². The Bertz CT molecular complexity index is 620. The van der Waals surface area contributed by atoms with Gasteiger partial charge in [0.25, 0.3) is 0 Å². The standard InChI is InChI=1S/C15H24N2O3S/c1-11-8-13(16)12(2)14(9-11)21(18,19)17-10-15(3)4-6-20-7-5-15/h8-9,17H,4-7,10,16H2,1-3H3. The Balaban J connectivity index is 2.19. The van der Waals surface area contributed by atoms with Gasteiger partial charge in [-0.25, -0.2) is 13.1 Å². The van der Waals surface area contributed by atoms with E-state index >= 15 is 0 Å². The topological polar surface area (TPSA) is 81.4 Å². The van der Waals surface area contributed by atoms with Crippen LogP contribution in [-0.4, -0.2) is 28.2 Å². The fourth-order valence-corrected chi connectivity index (χ4v) is 4.08. The molecule has 1 heterocycles. The van der Waals surface area contributed by atoms with Gasteiger partial charge in [0.2, 0.25) is 10.0 Å². The number of rotatable bonds is 4. The number of ether oxygens (including phenoxy) is 1. The lowest BCUT2D eigenvalue weighted by atomic mass is 9.83. The lowest BCUT2D eigenvalue weighted by molar-refractivity contribution is 0.0264. The van der Waals surface area contributed by atoms with Crippen molar-refractivity contribution in [2.24, 2.45) is 5.41 Å². The molecule has 0 saturated carbocycles. The summed E-state index contributed by atoms with van der Waals surface area (Å²) in [6.07, 6.45) is 1.73. The zero-order valence-corrected chi connectivity index (χ0v) is 13.7. The van der Waals surface area contributed by atoms with Crippen LogP contribution in [-0.2, 0) is 14.8 Å². The molecular weight excluding hydrogens is 288 g/mol. The van der Waals surface area contributed by atoms with Gasteiger partial charge in [-0.05, 0) is 55.4 Å². The third kappa shape index (κ3) is 3.75. The van der Waals surface area contributed by atoms with Gasteiger partial charge in [-0.2, -0.15) is 0 Å². The summed E-state index contributed by atoms with van der Waals surface area (Å²) in [5.74, 6) is 0. The Morgan fingerprint density at radius 2 is 1.90 bits per heavy atom. The average Bonchev–Trinajstić information content (AvgIpc) is 2.42. The van der Waals surface area contributed by atoms with Crippen LogP contribution in [0.25, 0.3) is 0 Å². The molecule has 0 aromatic heterocycles. The number of hydrogen-bond donors (Lipinski definition) is 2. The first-order chi connectivity index (χ1) is 9.73. The number of hydrogen-bond acceptors (Lipinski definition) is 4. The summed E-state index contributed by atoms with van der Waals surface area (Å²) in [5, 5.41) is 0. The van der Waals surface area contributed by atoms with Crippen LogP contribution in [0.4, 0.5) is 5.69 Å². The van der Waals surface area contributed by atoms with E-state index in [1.807, 2.05) is 6.92 Å². The van der Waals surface area contributed by atoms with E-state index in [4.69, 9.17) is 10.5 Å². The van der Waals surface area contributed by atoms with Crippen molar-refractivity contribution in [3.05, 3.63) is 23.3 Å². The minimum atomic E-state index is -3.54. The molecule has 6 heteroatoms. The Kier molecular flexibility index (Phi) is 4.60. The summed E-state index contributed by atoms with van der Waals surface area (Å²) in [4.78, 5) is 0.274. The first-order valence-corrected chi connectivity index (χ1v) is 8.66. The van der Waals surface area contributed by atoms with E-state index in [1.165, 1.54) is 0 Å². The molecule has 21 heavy (non-hydrogen) atoms. The molecule has 0 atom stereocenters. The van der Waals surface area contributed by atoms with Gasteiger partial charge in [-0.1, -0.05) is 6.92 Å². The number of aryl methyl sites for hydroxylation is 1. The van der Waals surface area contributed by atoms with Gasteiger partial charge >= 0.3 is 0 Å². The highest BCUT2D eigenvalue weighted by Gasteiger charge is 2.30. The largest absolute Gasteiger partial charge is 0.398 e. The smallest absolute Gasteiger partial charge is 0.240 e. The van der Waals surface area contributed by atoms with Gasteiger partial charge < -0.3 is 10.5 Å². The van der Waals surface area contributed by atoms with Crippen LogP contribution >= 0.6 is 0 Å². The molecule has 0 aliphatic carbocycles. The molecule has 1 saturated heterocycles. The summed E-state index contributed by atoms with van der Waals surface area (Å²) >= 11 is 0. The maximum absolute atomic E-state index is 12.5. The predicted molar refractivity (Wildman–Crippen MR) is 83.7 cm³/mol.